The molecule has 0 atom stereocenters. The van der Waals surface area contributed by atoms with Crippen LogP contribution in [-0.2, 0) is 4.79 Å². The highest BCUT2D eigenvalue weighted by molar-refractivity contribution is 6.13. The Morgan fingerprint density at radius 2 is 2.14 bits per heavy atom. The summed E-state index contributed by atoms with van der Waals surface area (Å²) in [6.45, 7) is 1.68. The molecular formula is C13H13N3O5. The number of aliphatic imine (C=N–C) groups is 1. The fraction of sp³-hybridized carbons (Fsp3) is 0.231. The standard InChI is InChI=1S/C13H13N3O5/c1-7-14-9(13(18)15(7)2)4-8-5-10(16(19)20)12(17)11(6-8)21-3/h4-6,17H,1-3H3. The van der Waals surface area contributed by atoms with Crippen LogP contribution in [0.3, 0.4) is 0 Å². The Kier molecular flexibility index (Phi) is 3.62. The summed E-state index contributed by atoms with van der Waals surface area (Å²) in [4.78, 5) is 27.5. The zero-order valence-corrected chi connectivity index (χ0v) is 11.7. The summed E-state index contributed by atoms with van der Waals surface area (Å²) in [5.74, 6) is -0.372. The summed E-state index contributed by atoms with van der Waals surface area (Å²) in [5.41, 5.74) is 0.00397. The maximum absolute atomic E-state index is 11.9. The van der Waals surface area contributed by atoms with Gasteiger partial charge in [0.05, 0.1) is 12.0 Å². The van der Waals surface area contributed by atoms with Crippen LogP contribution in [0.1, 0.15) is 12.5 Å². The van der Waals surface area contributed by atoms with Crippen molar-refractivity contribution in [3.05, 3.63) is 33.5 Å². The van der Waals surface area contributed by atoms with E-state index in [2.05, 4.69) is 4.99 Å². The number of nitrogens with zero attached hydrogens (tertiary/aromatic N) is 3. The lowest BCUT2D eigenvalue weighted by molar-refractivity contribution is -0.386. The molecule has 1 aliphatic rings. The molecule has 2 rings (SSSR count). The second-order valence-corrected chi connectivity index (χ2v) is 4.40. The molecule has 1 heterocycles. The van der Waals surface area contributed by atoms with Crippen LogP contribution >= 0.6 is 0 Å². The van der Waals surface area contributed by atoms with Gasteiger partial charge in [-0.25, -0.2) is 4.99 Å². The summed E-state index contributed by atoms with van der Waals surface area (Å²) < 4.78 is 4.90. The van der Waals surface area contributed by atoms with Crippen LogP contribution in [0.25, 0.3) is 6.08 Å². The first-order valence-electron chi connectivity index (χ1n) is 5.95. The number of ether oxygens (including phenoxy) is 1. The second kappa shape index (κ2) is 5.23. The Bertz CT molecular complexity index is 693. The molecule has 1 N–H and O–H groups in total. The fourth-order valence-corrected chi connectivity index (χ4v) is 1.86. The minimum atomic E-state index is -0.725. The van der Waals surface area contributed by atoms with Crippen LogP contribution in [0.4, 0.5) is 5.69 Å². The summed E-state index contributed by atoms with van der Waals surface area (Å²) in [6, 6.07) is 2.55. The molecular weight excluding hydrogens is 278 g/mol. The lowest BCUT2D eigenvalue weighted by Gasteiger charge is -2.07. The first-order chi connectivity index (χ1) is 9.85. The van der Waals surface area contributed by atoms with Crippen molar-refractivity contribution < 1.29 is 19.6 Å². The minimum absolute atomic E-state index is 0.0458. The molecule has 8 heteroatoms. The van der Waals surface area contributed by atoms with E-state index in [4.69, 9.17) is 4.74 Å². The number of likely N-dealkylation sites (N-methyl/N-ethyl adjacent to an activating group) is 1. The van der Waals surface area contributed by atoms with E-state index in [1.54, 1.807) is 14.0 Å². The number of nitro benzene ring substituents is 1. The van der Waals surface area contributed by atoms with E-state index in [0.29, 0.717) is 11.4 Å². The van der Waals surface area contributed by atoms with E-state index in [1.165, 1.54) is 24.2 Å². The Balaban J connectivity index is 2.53. The fourth-order valence-electron chi connectivity index (χ4n) is 1.86. The van der Waals surface area contributed by atoms with Gasteiger partial charge in [0, 0.05) is 13.1 Å². The van der Waals surface area contributed by atoms with Gasteiger partial charge in [-0.3, -0.25) is 19.8 Å². The highest BCUT2D eigenvalue weighted by Crippen LogP contribution is 2.37. The molecule has 1 aliphatic heterocycles. The summed E-state index contributed by atoms with van der Waals surface area (Å²) in [5, 5.41) is 20.6. The smallest absolute Gasteiger partial charge is 0.315 e. The molecule has 110 valence electrons. The number of phenolic OH excluding ortho intramolecular Hbond substituents is 1. The number of amides is 1. The highest BCUT2D eigenvalue weighted by Gasteiger charge is 2.25. The number of aromatic hydroxyl groups is 1. The predicted octanol–water partition coefficient (Wildman–Crippen LogP) is 1.54. The van der Waals surface area contributed by atoms with Gasteiger partial charge in [0.15, 0.2) is 5.75 Å². The minimum Gasteiger partial charge on any atom is -0.500 e. The van der Waals surface area contributed by atoms with Gasteiger partial charge < -0.3 is 9.84 Å². The molecule has 1 aromatic rings. The molecule has 21 heavy (non-hydrogen) atoms. The largest absolute Gasteiger partial charge is 0.500 e. The van der Waals surface area contributed by atoms with Gasteiger partial charge >= 0.3 is 5.69 Å². The number of hydrogen-bond acceptors (Lipinski definition) is 6. The third-order valence-electron chi connectivity index (χ3n) is 3.09. The van der Waals surface area contributed by atoms with Gasteiger partial charge in [-0.1, -0.05) is 0 Å². The molecule has 0 radical (unpaired) electrons. The first-order valence-corrected chi connectivity index (χ1v) is 5.95. The molecule has 0 saturated carbocycles. The van der Waals surface area contributed by atoms with E-state index >= 15 is 0 Å². The van der Waals surface area contributed by atoms with Gasteiger partial charge in [-0.15, -0.1) is 0 Å². The molecule has 0 fully saturated rings. The molecule has 1 aromatic carbocycles. The molecule has 0 saturated heterocycles. The van der Waals surface area contributed by atoms with Crippen molar-refractivity contribution in [2.45, 2.75) is 6.92 Å². The van der Waals surface area contributed by atoms with Crippen molar-refractivity contribution in [2.75, 3.05) is 14.2 Å². The highest BCUT2D eigenvalue weighted by atomic mass is 16.6. The van der Waals surface area contributed by atoms with Crippen LogP contribution in [0.2, 0.25) is 0 Å². The number of nitro groups is 1. The number of rotatable bonds is 3. The lowest BCUT2D eigenvalue weighted by atomic mass is 10.1. The average molecular weight is 291 g/mol. The van der Waals surface area contributed by atoms with Gasteiger partial charge in [0.25, 0.3) is 5.91 Å². The van der Waals surface area contributed by atoms with Crippen LogP contribution in [-0.4, -0.2) is 40.8 Å². The first kappa shape index (κ1) is 14.5. The van der Waals surface area contributed by atoms with Crippen LogP contribution in [0.15, 0.2) is 22.8 Å². The van der Waals surface area contributed by atoms with Crippen molar-refractivity contribution in [1.82, 2.24) is 4.90 Å². The lowest BCUT2D eigenvalue weighted by Crippen LogP contribution is -2.25. The zero-order valence-electron chi connectivity index (χ0n) is 11.7. The number of methoxy groups -OCH3 is 1. The number of carbonyl (C=O) groups excluding carboxylic acids is 1. The molecule has 0 unspecified atom stereocenters. The van der Waals surface area contributed by atoms with Crippen molar-refractivity contribution in [3.8, 4) is 11.5 Å². The predicted molar refractivity (Wildman–Crippen MR) is 75.2 cm³/mol. The van der Waals surface area contributed by atoms with Crippen molar-refractivity contribution in [2.24, 2.45) is 4.99 Å². The Hall–Kier alpha value is -2.90. The average Bonchev–Trinajstić information content (AvgIpc) is 2.67. The molecule has 0 aromatic heterocycles. The van der Waals surface area contributed by atoms with Crippen molar-refractivity contribution in [1.29, 1.82) is 0 Å². The topological polar surface area (TPSA) is 105 Å². The number of phenols is 1. The van der Waals surface area contributed by atoms with Crippen LogP contribution in [0, 0.1) is 10.1 Å². The Morgan fingerprint density at radius 3 is 2.62 bits per heavy atom. The van der Waals surface area contributed by atoms with E-state index in [-0.39, 0.29) is 17.4 Å². The van der Waals surface area contributed by atoms with E-state index in [0.717, 1.165) is 6.07 Å². The normalized spacial score (nSPS) is 16.3. The van der Waals surface area contributed by atoms with Gasteiger partial charge in [-0.05, 0) is 24.6 Å². The molecule has 0 spiro atoms. The summed E-state index contributed by atoms with van der Waals surface area (Å²) in [6.07, 6.45) is 1.41. The Morgan fingerprint density at radius 1 is 1.48 bits per heavy atom. The van der Waals surface area contributed by atoms with Crippen molar-refractivity contribution >= 4 is 23.5 Å². The number of hydrogen-bond donors (Lipinski definition) is 1. The third kappa shape index (κ3) is 2.55. The third-order valence-corrected chi connectivity index (χ3v) is 3.09. The summed E-state index contributed by atoms with van der Waals surface area (Å²) in [7, 11) is 2.87. The molecule has 0 aliphatic carbocycles. The van der Waals surface area contributed by atoms with Gasteiger partial charge in [0.1, 0.15) is 11.5 Å². The summed E-state index contributed by atoms with van der Waals surface area (Å²) >= 11 is 0. The SMILES string of the molecule is COc1cc(C=C2N=C(C)N(C)C2=O)cc([N+](=O)[O-])c1O. The van der Waals surface area contributed by atoms with E-state index in [1.807, 2.05) is 0 Å². The maximum atomic E-state index is 11.9. The number of carbonyl (C=O) groups is 1. The van der Waals surface area contributed by atoms with Crippen LogP contribution in [0.5, 0.6) is 11.5 Å². The van der Waals surface area contributed by atoms with Crippen molar-refractivity contribution in [3.63, 3.8) is 0 Å². The molecule has 1 amide bonds. The van der Waals surface area contributed by atoms with Gasteiger partial charge in [-0.2, -0.15) is 0 Å². The number of amidine groups is 1. The molecule has 0 bridgehead atoms. The second-order valence-electron chi connectivity index (χ2n) is 4.40. The van der Waals surface area contributed by atoms with E-state index in [9.17, 15) is 20.0 Å². The quantitative estimate of drug-likeness (QED) is 0.516. The monoisotopic (exact) mass is 291 g/mol. The zero-order chi connectivity index (χ0) is 15.7. The number of benzene rings is 1. The van der Waals surface area contributed by atoms with Gasteiger partial charge in [0.2, 0.25) is 5.75 Å². The van der Waals surface area contributed by atoms with Crippen LogP contribution < -0.4 is 4.74 Å². The van der Waals surface area contributed by atoms with E-state index < -0.39 is 16.4 Å². The maximum Gasteiger partial charge on any atom is 0.315 e. The Labute approximate surface area is 120 Å². The molecule has 8 nitrogen and oxygen atoms in total.